The number of rotatable bonds is 5. The predicted molar refractivity (Wildman–Crippen MR) is 74.2 cm³/mol. The molecule has 5 heteroatoms. The molecule has 1 aromatic rings. The second kappa shape index (κ2) is 6.52. The summed E-state index contributed by atoms with van der Waals surface area (Å²) < 4.78 is 0. The van der Waals surface area contributed by atoms with Gasteiger partial charge in [0.2, 0.25) is 5.56 Å². The molecule has 1 atom stereocenters. The Kier molecular flexibility index (Phi) is 4.74. The Morgan fingerprint density at radius 3 is 2.84 bits per heavy atom. The molecule has 0 aromatic carbocycles. The Bertz CT molecular complexity index is 478. The van der Waals surface area contributed by atoms with Crippen molar-refractivity contribution in [1.29, 1.82) is 0 Å². The standard InChI is InChI=1S/C14H21N3O2/c1-11(10-17-7-2-3-8-17)9-15-14(19)12-5-4-6-13(18)16-12/h4-6,11H,2-3,7-10H2,1H3,(H,15,19)(H,16,18). The number of H-pyrrole nitrogens is 1. The van der Waals surface area contributed by atoms with Gasteiger partial charge in [0.25, 0.3) is 5.91 Å². The molecule has 2 N–H and O–H groups in total. The topological polar surface area (TPSA) is 65.2 Å². The predicted octanol–water partition coefficient (Wildman–Crippen LogP) is 0.837. The molecule has 0 spiro atoms. The lowest BCUT2D eigenvalue weighted by Gasteiger charge is -2.20. The Hall–Kier alpha value is -1.62. The molecule has 0 bridgehead atoms. The third kappa shape index (κ3) is 4.21. The van der Waals surface area contributed by atoms with Gasteiger partial charge in [-0.2, -0.15) is 0 Å². The number of amides is 1. The third-order valence-electron chi connectivity index (χ3n) is 3.39. The lowest BCUT2D eigenvalue weighted by Crippen LogP contribution is -2.35. The Labute approximate surface area is 113 Å². The van der Waals surface area contributed by atoms with Crippen molar-refractivity contribution in [1.82, 2.24) is 15.2 Å². The van der Waals surface area contributed by atoms with Gasteiger partial charge in [0, 0.05) is 19.2 Å². The number of aromatic nitrogens is 1. The Morgan fingerprint density at radius 2 is 2.16 bits per heavy atom. The number of carbonyl (C=O) groups is 1. The van der Waals surface area contributed by atoms with Crippen LogP contribution >= 0.6 is 0 Å². The van der Waals surface area contributed by atoms with Crippen LogP contribution in [0, 0.1) is 5.92 Å². The van der Waals surface area contributed by atoms with Crippen LogP contribution in [0.25, 0.3) is 0 Å². The van der Waals surface area contributed by atoms with Gasteiger partial charge in [0.15, 0.2) is 0 Å². The quantitative estimate of drug-likeness (QED) is 0.827. The average molecular weight is 263 g/mol. The first-order valence-corrected chi connectivity index (χ1v) is 6.85. The van der Waals surface area contributed by atoms with Crippen molar-refractivity contribution in [2.45, 2.75) is 19.8 Å². The van der Waals surface area contributed by atoms with Crippen molar-refractivity contribution in [2.24, 2.45) is 5.92 Å². The zero-order valence-corrected chi connectivity index (χ0v) is 11.3. The lowest BCUT2D eigenvalue weighted by molar-refractivity contribution is 0.0940. The van der Waals surface area contributed by atoms with Crippen LogP contribution < -0.4 is 10.9 Å². The Balaban J connectivity index is 1.78. The van der Waals surface area contributed by atoms with Crippen molar-refractivity contribution in [2.75, 3.05) is 26.2 Å². The number of aromatic amines is 1. The van der Waals surface area contributed by atoms with Gasteiger partial charge in [-0.25, -0.2) is 0 Å². The number of hydrogen-bond acceptors (Lipinski definition) is 3. The van der Waals surface area contributed by atoms with E-state index in [2.05, 4.69) is 22.1 Å². The fraction of sp³-hybridized carbons (Fsp3) is 0.571. The molecule has 104 valence electrons. The molecule has 1 aromatic heterocycles. The minimum absolute atomic E-state index is 0.217. The minimum Gasteiger partial charge on any atom is -0.350 e. The molecule has 0 saturated carbocycles. The molecule has 1 saturated heterocycles. The van der Waals surface area contributed by atoms with Gasteiger partial charge in [-0.3, -0.25) is 9.59 Å². The van der Waals surface area contributed by atoms with Gasteiger partial charge >= 0.3 is 0 Å². The maximum atomic E-state index is 11.8. The van der Waals surface area contributed by atoms with Crippen LogP contribution in [0.5, 0.6) is 0 Å². The molecule has 2 heterocycles. The second-order valence-corrected chi connectivity index (χ2v) is 5.25. The number of hydrogen-bond donors (Lipinski definition) is 2. The maximum Gasteiger partial charge on any atom is 0.267 e. The zero-order valence-electron chi connectivity index (χ0n) is 11.3. The van der Waals surface area contributed by atoms with Gasteiger partial charge in [-0.15, -0.1) is 0 Å². The number of nitrogens with one attached hydrogen (secondary N) is 2. The SMILES string of the molecule is CC(CNC(=O)c1cccc(=O)[nH]1)CN1CCCC1. The van der Waals surface area contributed by atoms with Gasteiger partial charge in [-0.05, 0) is 37.9 Å². The summed E-state index contributed by atoms with van der Waals surface area (Å²) in [5, 5.41) is 2.86. The van der Waals surface area contributed by atoms with E-state index < -0.39 is 0 Å². The van der Waals surface area contributed by atoms with Crippen molar-refractivity contribution < 1.29 is 4.79 Å². The van der Waals surface area contributed by atoms with E-state index in [-0.39, 0.29) is 11.5 Å². The number of likely N-dealkylation sites (tertiary alicyclic amines) is 1. The molecule has 0 radical (unpaired) electrons. The van der Waals surface area contributed by atoms with E-state index in [1.165, 1.54) is 32.0 Å². The van der Waals surface area contributed by atoms with Crippen molar-refractivity contribution in [3.63, 3.8) is 0 Å². The molecule has 0 aliphatic carbocycles. The molecular formula is C14H21N3O2. The van der Waals surface area contributed by atoms with Crippen molar-refractivity contribution in [3.05, 3.63) is 34.2 Å². The van der Waals surface area contributed by atoms with E-state index in [9.17, 15) is 9.59 Å². The monoisotopic (exact) mass is 263 g/mol. The molecule has 2 rings (SSSR count). The van der Waals surface area contributed by atoms with Crippen molar-refractivity contribution >= 4 is 5.91 Å². The van der Waals surface area contributed by atoms with Crippen LogP contribution in [0.3, 0.4) is 0 Å². The highest BCUT2D eigenvalue weighted by molar-refractivity contribution is 5.92. The molecule has 5 nitrogen and oxygen atoms in total. The summed E-state index contributed by atoms with van der Waals surface area (Å²) in [5.74, 6) is 0.198. The zero-order chi connectivity index (χ0) is 13.7. The highest BCUT2D eigenvalue weighted by Gasteiger charge is 2.15. The van der Waals surface area contributed by atoms with Crippen LogP contribution in [0.1, 0.15) is 30.3 Å². The van der Waals surface area contributed by atoms with Crippen molar-refractivity contribution in [3.8, 4) is 0 Å². The van der Waals surface area contributed by atoms with Crippen LogP contribution in [0.15, 0.2) is 23.0 Å². The van der Waals surface area contributed by atoms with Gasteiger partial charge < -0.3 is 15.2 Å². The summed E-state index contributed by atoms with van der Waals surface area (Å²) in [6.07, 6.45) is 2.56. The molecular weight excluding hydrogens is 242 g/mol. The summed E-state index contributed by atoms with van der Waals surface area (Å²) in [7, 11) is 0. The lowest BCUT2D eigenvalue weighted by atomic mass is 10.1. The van der Waals surface area contributed by atoms with Crippen LogP contribution in [0.4, 0.5) is 0 Å². The first-order valence-electron chi connectivity index (χ1n) is 6.85. The van der Waals surface area contributed by atoms with E-state index in [1.807, 2.05) is 0 Å². The number of nitrogens with zero attached hydrogens (tertiary/aromatic N) is 1. The van der Waals surface area contributed by atoms with E-state index in [0.29, 0.717) is 18.2 Å². The van der Waals surface area contributed by atoms with Crippen LogP contribution in [-0.4, -0.2) is 42.0 Å². The van der Waals surface area contributed by atoms with Gasteiger partial charge in [-0.1, -0.05) is 13.0 Å². The molecule has 1 unspecified atom stereocenters. The van der Waals surface area contributed by atoms with E-state index >= 15 is 0 Å². The first kappa shape index (κ1) is 13.8. The molecule has 19 heavy (non-hydrogen) atoms. The fourth-order valence-electron chi connectivity index (χ4n) is 2.41. The first-order chi connectivity index (χ1) is 9.15. The smallest absolute Gasteiger partial charge is 0.267 e. The molecule has 1 fully saturated rings. The minimum atomic E-state index is -0.252. The van der Waals surface area contributed by atoms with E-state index in [0.717, 1.165) is 6.54 Å². The second-order valence-electron chi connectivity index (χ2n) is 5.25. The van der Waals surface area contributed by atoms with E-state index in [4.69, 9.17) is 0 Å². The summed E-state index contributed by atoms with van der Waals surface area (Å²) in [5.41, 5.74) is 0.0682. The largest absolute Gasteiger partial charge is 0.350 e. The number of carbonyl (C=O) groups excluding carboxylic acids is 1. The summed E-state index contributed by atoms with van der Waals surface area (Å²) in [6.45, 7) is 6.12. The summed E-state index contributed by atoms with van der Waals surface area (Å²) in [6, 6.07) is 4.59. The van der Waals surface area contributed by atoms with Crippen LogP contribution in [-0.2, 0) is 0 Å². The third-order valence-corrected chi connectivity index (χ3v) is 3.39. The fourth-order valence-corrected chi connectivity index (χ4v) is 2.41. The molecule has 1 amide bonds. The molecule has 1 aliphatic heterocycles. The molecule has 1 aliphatic rings. The van der Waals surface area contributed by atoms with Gasteiger partial charge in [0.05, 0.1) is 0 Å². The van der Waals surface area contributed by atoms with E-state index in [1.54, 1.807) is 12.1 Å². The highest BCUT2D eigenvalue weighted by atomic mass is 16.2. The summed E-state index contributed by atoms with van der Waals surface area (Å²) >= 11 is 0. The maximum absolute atomic E-state index is 11.8. The van der Waals surface area contributed by atoms with Gasteiger partial charge in [0.1, 0.15) is 5.69 Å². The Morgan fingerprint density at radius 1 is 1.42 bits per heavy atom. The average Bonchev–Trinajstić information content (AvgIpc) is 2.88. The highest BCUT2D eigenvalue weighted by Crippen LogP contribution is 2.09. The van der Waals surface area contributed by atoms with Crippen LogP contribution in [0.2, 0.25) is 0 Å². The number of pyridine rings is 1. The summed E-state index contributed by atoms with van der Waals surface area (Å²) in [4.78, 5) is 27.9. The normalized spacial score (nSPS) is 17.3.